The van der Waals surface area contributed by atoms with Crippen LogP contribution in [0.5, 0.6) is 5.75 Å². The summed E-state index contributed by atoms with van der Waals surface area (Å²) >= 11 is 0. The molecule has 0 unspecified atom stereocenters. The number of halogens is 1. The first-order valence-corrected chi connectivity index (χ1v) is 6.76. The molecule has 1 heterocycles. The van der Waals surface area contributed by atoms with Gasteiger partial charge in [-0.25, -0.2) is 4.98 Å². The fourth-order valence-electron chi connectivity index (χ4n) is 1.85. The number of hydrogen-bond acceptors (Lipinski definition) is 3. The second kappa shape index (κ2) is 9.02. The Labute approximate surface area is 130 Å². The van der Waals surface area contributed by atoms with Gasteiger partial charge in [0.2, 0.25) is 0 Å². The number of aryl methyl sites for hydroxylation is 1. The molecule has 0 saturated heterocycles. The maximum atomic E-state index is 11.9. The molecule has 0 atom stereocenters. The zero-order chi connectivity index (χ0) is 14.2. The van der Waals surface area contributed by atoms with Gasteiger partial charge in [0.1, 0.15) is 5.75 Å². The largest absolute Gasteiger partial charge is 0.494 e. The van der Waals surface area contributed by atoms with E-state index in [1.165, 1.54) is 0 Å². The summed E-state index contributed by atoms with van der Waals surface area (Å²) in [6.07, 6.45) is 6.31. The molecule has 0 aliphatic heterocycles. The van der Waals surface area contributed by atoms with Crippen molar-refractivity contribution in [3.8, 4) is 5.75 Å². The van der Waals surface area contributed by atoms with Crippen LogP contribution in [0, 0.1) is 0 Å². The van der Waals surface area contributed by atoms with Crippen molar-refractivity contribution in [1.82, 2.24) is 14.9 Å². The van der Waals surface area contributed by atoms with Gasteiger partial charge in [-0.05, 0) is 37.6 Å². The Bertz CT molecular complexity index is 526. The molecule has 6 heteroatoms. The van der Waals surface area contributed by atoms with Crippen LogP contribution in [0.2, 0.25) is 0 Å². The Morgan fingerprint density at radius 2 is 2.10 bits per heavy atom. The van der Waals surface area contributed by atoms with E-state index in [4.69, 9.17) is 4.74 Å². The summed E-state index contributed by atoms with van der Waals surface area (Å²) in [7, 11) is 0. The summed E-state index contributed by atoms with van der Waals surface area (Å²) in [5.74, 6) is 0.725. The van der Waals surface area contributed by atoms with Gasteiger partial charge < -0.3 is 14.6 Å². The molecule has 2 aromatic rings. The number of imidazole rings is 1. The van der Waals surface area contributed by atoms with E-state index in [0.29, 0.717) is 18.7 Å². The Balaban J connectivity index is 0.00000220. The molecular weight excluding hydrogens is 290 g/mol. The fraction of sp³-hybridized carbons (Fsp3) is 0.333. The summed E-state index contributed by atoms with van der Waals surface area (Å²) in [5.41, 5.74) is 0.649. The highest BCUT2D eigenvalue weighted by Crippen LogP contribution is 2.11. The molecule has 1 N–H and O–H groups in total. The van der Waals surface area contributed by atoms with Crippen molar-refractivity contribution in [2.45, 2.75) is 19.9 Å². The van der Waals surface area contributed by atoms with E-state index in [-0.39, 0.29) is 18.3 Å². The Morgan fingerprint density at radius 3 is 2.71 bits per heavy atom. The Hall–Kier alpha value is -2.01. The van der Waals surface area contributed by atoms with Gasteiger partial charge in [0.15, 0.2) is 0 Å². The van der Waals surface area contributed by atoms with E-state index in [9.17, 15) is 4.79 Å². The Kier molecular flexibility index (Phi) is 7.32. The zero-order valence-electron chi connectivity index (χ0n) is 12.0. The molecule has 0 spiro atoms. The number of nitrogens with one attached hydrogen (secondary N) is 1. The summed E-state index contributed by atoms with van der Waals surface area (Å²) in [4.78, 5) is 15.9. The second-order valence-corrected chi connectivity index (χ2v) is 4.37. The van der Waals surface area contributed by atoms with E-state index < -0.39 is 0 Å². The number of benzene rings is 1. The van der Waals surface area contributed by atoms with Crippen LogP contribution in [0.3, 0.4) is 0 Å². The lowest BCUT2D eigenvalue weighted by molar-refractivity contribution is 0.0952. The van der Waals surface area contributed by atoms with Crippen LogP contribution >= 0.6 is 12.4 Å². The van der Waals surface area contributed by atoms with Gasteiger partial charge in [0.05, 0.1) is 12.9 Å². The van der Waals surface area contributed by atoms with Crippen LogP contribution in [0.25, 0.3) is 0 Å². The average Bonchev–Trinajstić information content (AvgIpc) is 2.98. The minimum Gasteiger partial charge on any atom is -0.494 e. The minimum atomic E-state index is -0.0568. The van der Waals surface area contributed by atoms with Gasteiger partial charge in [-0.1, -0.05) is 0 Å². The highest BCUT2D eigenvalue weighted by Gasteiger charge is 2.04. The van der Waals surface area contributed by atoms with Crippen LogP contribution in [-0.4, -0.2) is 28.6 Å². The number of ether oxygens (including phenoxy) is 1. The summed E-state index contributed by atoms with van der Waals surface area (Å²) < 4.78 is 7.33. The number of rotatable bonds is 7. The van der Waals surface area contributed by atoms with Crippen molar-refractivity contribution >= 4 is 18.3 Å². The van der Waals surface area contributed by atoms with E-state index in [1.54, 1.807) is 24.7 Å². The van der Waals surface area contributed by atoms with Crippen LogP contribution in [0.15, 0.2) is 43.0 Å². The molecule has 0 bridgehead atoms. The standard InChI is InChI=1S/C15H19N3O2.ClH/c1-2-20-14-6-4-13(5-7-14)15(19)17-8-3-10-18-11-9-16-12-18;/h4-7,9,11-12H,2-3,8,10H2,1H3,(H,17,19);1H. The molecule has 1 aromatic carbocycles. The highest BCUT2D eigenvalue weighted by atomic mass is 35.5. The molecule has 0 aliphatic rings. The predicted octanol–water partition coefficient (Wildman–Crippen LogP) is 2.52. The quantitative estimate of drug-likeness (QED) is 0.800. The summed E-state index contributed by atoms with van der Waals surface area (Å²) in [5, 5.41) is 2.90. The van der Waals surface area contributed by atoms with E-state index >= 15 is 0 Å². The zero-order valence-corrected chi connectivity index (χ0v) is 12.8. The maximum Gasteiger partial charge on any atom is 0.251 e. The monoisotopic (exact) mass is 309 g/mol. The number of nitrogens with zero attached hydrogens (tertiary/aromatic N) is 2. The van der Waals surface area contributed by atoms with E-state index in [2.05, 4.69) is 10.3 Å². The molecule has 5 nitrogen and oxygen atoms in total. The number of amides is 1. The molecule has 1 amide bonds. The second-order valence-electron chi connectivity index (χ2n) is 4.37. The smallest absolute Gasteiger partial charge is 0.251 e. The summed E-state index contributed by atoms with van der Waals surface area (Å²) in [6.45, 7) is 4.05. The van der Waals surface area contributed by atoms with Crippen LogP contribution in [0.4, 0.5) is 0 Å². The molecular formula is C15H20ClN3O2. The van der Waals surface area contributed by atoms with Crippen molar-refractivity contribution in [3.05, 3.63) is 48.5 Å². The molecule has 114 valence electrons. The van der Waals surface area contributed by atoms with E-state index in [1.807, 2.05) is 29.8 Å². The number of carbonyl (C=O) groups excluding carboxylic acids is 1. The lowest BCUT2D eigenvalue weighted by Crippen LogP contribution is -2.25. The maximum absolute atomic E-state index is 11.9. The molecule has 2 rings (SSSR count). The van der Waals surface area contributed by atoms with Crippen molar-refractivity contribution in [3.63, 3.8) is 0 Å². The predicted molar refractivity (Wildman–Crippen MR) is 84.0 cm³/mol. The van der Waals surface area contributed by atoms with Crippen molar-refractivity contribution < 1.29 is 9.53 Å². The van der Waals surface area contributed by atoms with E-state index in [0.717, 1.165) is 18.7 Å². The SMILES string of the molecule is CCOc1ccc(C(=O)NCCCn2ccnc2)cc1.Cl. The molecule has 21 heavy (non-hydrogen) atoms. The van der Waals surface area contributed by atoms with Gasteiger partial charge in [-0.2, -0.15) is 0 Å². The van der Waals surface area contributed by atoms with Gasteiger partial charge in [0, 0.05) is 31.0 Å². The van der Waals surface area contributed by atoms with Crippen molar-refractivity contribution in [1.29, 1.82) is 0 Å². The highest BCUT2D eigenvalue weighted by molar-refractivity contribution is 5.94. The van der Waals surface area contributed by atoms with Crippen molar-refractivity contribution in [2.75, 3.05) is 13.2 Å². The number of aromatic nitrogens is 2. The first kappa shape index (κ1) is 17.0. The molecule has 0 aliphatic carbocycles. The first-order valence-electron chi connectivity index (χ1n) is 6.76. The number of carbonyl (C=O) groups is 1. The molecule has 0 fully saturated rings. The first-order chi connectivity index (χ1) is 9.79. The topological polar surface area (TPSA) is 56.1 Å². The van der Waals surface area contributed by atoms with Crippen LogP contribution < -0.4 is 10.1 Å². The molecule has 0 saturated carbocycles. The van der Waals surface area contributed by atoms with Gasteiger partial charge in [0.25, 0.3) is 5.91 Å². The third-order valence-corrected chi connectivity index (χ3v) is 2.87. The third-order valence-electron chi connectivity index (χ3n) is 2.87. The van der Waals surface area contributed by atoms with Crippen molar-refractivity contribution in [2.24, 2.45) is 0 Å². The number of hydrogen-bond donors (Lipinski definition) is 1. The Morgan fingerprint density at radius 1 is 1.33 bits per heavy atom. The normalized spacial score (nSPS) is 9.76. The van der Waals surface area contributed by atoms with Gasteiger partial charge in [-0.15, -0.1) is 12.4 Å². The van der Waals surface area contributed by atoms with Gasteiger partial charge in [-0.3, -0.25) is 4.79 Å². The van der Waals surface area contributed by atoms with Gasteiger partial charge >= 0.3 is 0 Å². The minimum absolute atomic E-state index is 0. The molecule has 1 aromatic heterocycles. The average molecular weight is 310 g/mol. The van der Waals surface area contributed by atoms with Crippen LogP contribution in [0.1, 0.15) is 23.7 Å². The third kappa shape index (κ3) is 5.47. The van der Waals surface area contributed by atoms with Crippen LogP contribution in [-0.2, 0) is 6.54 Å². The lowest BCUT2D eigenvalue weighted by Gasteiger charge is -2.07. The lowest BCUT2D eigenvalue weighted by atomic mass is 10.2. The molecule has 0 radical (unpaired) electrons. The fourth-order valence-corrected chi connectivity index (χ4v) is 1.85. The summed E-state index contributed by atoms with van der Waals surface area (Å²) in [6, 6.07) is 7.17.